The lowest BCUT2D eigenvalue weighted by Gasteiger charge is -2.27. The fourth-order valence-electron chi connectivity index (χ4n) is 3.50. The SMILES string of the molecule is Cc1cc(NC(=O)CS(=O)(=O)c2cn(CC(=O)N3CCOCC3)c3ccccc23)no1. The normalized spacial score (nSPS) is 14.7. The molecule has 0 radical (unpaired) electrons. The van der Waals surface area contributed by atoms with E-state index in [2.05, 4.69) is 10.5 Å². The Bertz CT molecular complexity index is 1220. The van der Waals surface area contributed by atoms with E-state index in [-0.39, 0.29) is 23.2 Å². The summed E-state index contributed by atoms with van der Waals surface area (Å²) in [5.41, 5.74) is 0.607. The molecule has 11 heteroatoms. The summed E-state index contributed by atoms with van der Waals surface area (Å²) >= 11 is 0. The van der Waals surface area contributed by atoms with E-state index in [9.17, 15) is 18.0 Å². The van der Waals surface area contributed by atoms with Crippen LogP contribution in [0.1, 0.15) is 5.76 Å². The molecule has 0 atom stereocenters. The molecule has 164 valence electrons. The van der Waals surface area contributed by atoms with Crippen molar-refractivity contribution in [3.8, 4) is 0 Å². The lowest BCUT2D eigenvalue weighted by Crippen LogP contribution is -2.42. The third-order valence-corrected chi connectivity index (χ3v) is 6.61. The van der Waals surface area contributed by atoms with Crippen LogP contribution in [0, 0.1) is 6.92 Å². The van der Waals surface area contributed by atoms with Crippen molar-refractivity contribution in [2.75, 3.05) is 37.4 Å². The second-order valence-electron chi connectivity index (χ2n) is 7.26. The van der Waals surface area contributed by atoms with E-state index < -0.39 is 21.5 Å². The van der Waals surface area contributed by atoms with Crippen LogP contribution < -0.4 is 5.32 Å². The molecule has 10 nitrogen and oxygen atoms in total. The second kappa shape index (κ2) is 8.52. The number of anilines is 1. The number of fused-ring (bicyclic) bond motifs is 1. The summed E-state index contributed by atoms with van der Waals surface area (Å²) in [5.74, 6) is -0.964. The van der Waals surface area contributed by atoms with E-state index in [1.165, 1.54) is 12.3 Å². The van der Waals surface area contributed by atoms with Gasteiger partial charge in [-0.2, -0.15) is 0 Å². The van der Waals surface area contributed by atoms with Crippen LogP contribution in [0.4, 0.5) is 5.82 Å². The van der Waals surface area contributed by atoms with Gasteiger partial charge in [0.1, 0.15) is 18.1 Å². The minimum absolute atomic E-state index is 0.000443. The Morgan fingerprint density at radius 2 is 1.94 bits per heavy atom. The fourth-order valence-corrected chi connectivity index (χ4v) is 4.87. The van der Waals surface area contributed by atoms with Crippen LogP contribution in [0.3, 0.4) is 0 Å². The van der Waals surface area contributed by atoms with Crippen LogP contribution in [-0.2, 0) is 30.7 Å². The molecule has 31 heavy (non-hydrogen) atoms. The highest BCUT2D eigenvalue weighted by atomic mass is 32.2. The number of hydrogen-bond donors (Lipinski definition) is 1. The molecule has 2 aromatic heterocycles. The average molecular weight is 446 g/mol. The van der Waals surface area contributed by atoms with Crippen molar-refractivity contribution in [1.29, 1.82) is 0 Å². The third kappa shape index (κ3) is 4.62. The quantitative estimate of drug-likeness (QED) is 0.603. The Labute approximate surface area is 178 Å². The highest BCUT2D eigenvalue weighted by Gasteiger charge is 2.26. The highest BCUT2D eigenvalue weighted by Crippen LogP contribution is 2.26. The van der Waals surface area contributed by atoms with Gasteiger partial charge in [-0.25, -0.2) is 8.42 Å². The molecule has 3 aromatic rings. The van der Waals surface area contributed by atoms with Gasteiger partial charge in [0, 0.05) is 36.3 Å². The van der Waals surface area contributed by atoms with Gasteiger partial charge in [0.2, 0.25) is 11.8 Å². The highest BCUT2D eigenvalue weighted by molar-refractivity contribution is 7.92. The molecule has 4 rings (SSSR count). The van der Waals surface area contributed by atoms with Crippen molar-refractivity contribution in [2.45, 2.75) is 18.4 Å². The number of ether oxygens (including phenoxy) is 1. The first-order valence-electron chi connectivity index (χ1n) is 9.73. The molecule has 1 aromatic carbocycles. The first kappa shape index (κ1) is 21.1. The molecular weight excluding hydrogens is 424 g/mol. The van der Waals surface area contributed by atoms with Crippen molar-refractivity contribution >= 4 is 38.4 Å². The van der Waals surface area contributed by atoms with Gasteiger partial charge >= 0.3 is 0 Å². The summed E-state index contributed by atoms with van der Waals surface area (Å²) < 4.78 is 37.8. The van der Waals surface area contributed by atoms with E-state index in [1.54, 1.807) is 40.7 Å². The average Bonchev–Trinajstić information content (AvgIpc) is 3.32. The topological polar surface area (TPSA) is 124 Å². The number of aryl methyl sites for hydroxylation is 1. The number of nitrogens with zero attached hydrogens (tertiary/aromatic N) is 3. The number of rotatable bonds is 6. The summed E-state index contributed by atoms with van der Waals surface area (Å²) in [6.45, 7) is 3.64. The molecule has 0 spiro atoms. The van der Waals surface area contributed by atoms with Gasteiger partial charge in [-0.05, 0) is 13.0 Å². The summed E-state index contributed by atoms with van der Waals surface area (Å²) in [4.78, 5) is 26.7. The molecule has 1 aliphatic rings. The summed E-state index contributed by atoms with van der Waals surface area (Å²) in [5, 5.41) is 6.51. The molecule has 1 aliphatic heterocycles. The van der Waals surface area contributed by atoms with Crippen molar-refractivity contribution in [3.63, 3.8) is 0 Å². The predicted octanol–water partition coefficient (Wildman–Crippen LogP) is 1.21. The summed E-state index contributed by atoms with van der Waals surface area (Å²) in [7, 11) is -3.98. The molecule has 0 saturated carbocycles. The molecular formula is C20H22N4O6S. The third-order valence-electron chi connectivity index (χ3n) is 4.97. The molecule has 0 bridgehead atoms. The number of carbonyl (C=O) groups is 2. The van der Waals surface area contributed by atoms with Crippen LogP contribution >= 0.6 is 0 Å². The number of nitrogens with one attached hydrogen (secondary N) is 1. The number of aromatic nitrogens is 2. The maximum atomic E-state index is 13.0. The Kier molecular flexibility index (Phi) is 5.79. The van der Waals surface area contributed by atoms with Gasteiger partial charge in [0.15, 0.2) is 15.7 Å². The van der Waals surface area contributed by atoms with Gasteiger partial charge in [-0.15, -0.1) is 0 Å². The van der Waals surface area contributed by atoms with E-state index in [0.29, 0.717) is 43.0 Å². The van der Waals surface area contributed by atoms with E-state index in [1.807, 2.05) is 0 Å². The van der Waals surface area contributed by atoms with Crippen molar-refractivity contribution in [3.05, 3.63) is 42.3 Å². The number of carbonyl (C=O) groups excluding carboxylic acids is 2. The Morgan fingerprint density at radius 3 is 2.65 bits per heavy atom. The zero-order valence-electron chi connectivity index (χ0n) is 16.9. The molecule has 1 N–H and O–H groups in total. The molecule has 0 aliphatic carbocycles. The summed E-state index contributed by atoms with van der Waals surface area (Å²) in [6.07, 6.45) is 1.42. The molecule has 1 saturated heterocycles. The molecule has 1 fully saturated rings. The van der Waals surface area contributed by atoms with Crippen molar-refractivity contribution in [1.82, 2.24) is 14.6 Å². The van der Waals surface area contributed by atoms with E-state index >= 15 is 0 Å². The Balaban J connectivity index is 1.58. The zero-order valence-corrected chi connectivity index (χ0v) is 17.7. The fraction of sp³-hybridized carbons (Fsp3) is 0.350. The smallest absolute Gasteiger partial charge is 0.242 e. The van der Waals surface area contributed by atoms with Crippen LogP contribution in [0.15, 0.2) is 45.9 Å². The largest absolute Gasteiger partial charge is 0.378 e. The van der Waals surface area contributed by atoms with Crippen molar-refractivity contribution < 1.29 is 27.3 Å². The van der Waals surface area contributed by atoms with Gasteiger partial charge < -0.3 is 24.0 Å². The number of amides is 2. The van der Waals surface area contributed by atoms with Crippen LogP contribution in [0.2, 0.25) is 0 Å². The molecule has 3 heterocycles. The minimum atomic E-state index is -3.98. The standard InChI is InChI=1S/C20H22N4O6S/c1-14-10-18(22-30-14)21-19(25)13-31(27,28)17-11-24(16-5-3-2-4-15(16)17)12-20(26)23-6-8-29-9-7-23/h2-5,10-11H,6-9,12-13H2,1H3,(H,21,22,25). The lowest BCUT2D eigenvalue weighted by atomic mass is 10.2. The Hall–Kier alpha value is -3.18. The molecule has 0 unspecified atom stereocenters. The maximum Gasteiger partial charge on any atom is 0.242 e. The number of sulfone groups is 1. The van der Waals surface area contributed by atoms with Crippen LogP contribution in [0.5, 0.6) is 0 Å². The Morgan fingerprint density at radius 1 is 1.19 bits per heavy atom. The van der Waals surface area contributed by atoms with Gasteiger partial charge in [0.25, 0.3) is 0 Å². The number of benzene rings is 1. The van der Waals surface area contributed by atoms with Crippen LogP contribution in [0.25, 0.3) is 10.9 Å². The van der Waals surface area contributed by atoms with E-state index in [4.69, 9.17) is 9.26 Å². The van der Waals surface area contributed by atoms with Gasteiger partial charge in [0.05, 0.1) is 18.1 Å². The van der Waals surface area contributed by atoms with Crippen molar-refractivity contribution in [2.24, 2.45) is 0 Å². The zero-order chi connectivity index (χ0) is 22.0. The first-order chi connectivity index (χ1) is 14.8. The van der Waals surface area contributed by atoms with E-state index in [0.717, 1.165) is 0 Å². The minimum Gasteiger partial charge on any atom is -0.378 e. The predicted molar refractivity (Wildman–Crippen MR) is 111 cm³/mol. The first-order valence-corrected chi connectivity index (χ1v) is 11.4. The monoisotopic (exact) mass is 446 g/mol. The summed E-state index contributed by atoms with van der Waals surface area (Å²) in [6, 6.07) is 8.39. The van der Waals surface area contributed by atoms with Crippen LogP contribution in [-0.4, -0.2) is 66.9 Å². The second-order valence-corrected chi connectivity index (χ2v) is 9.22. The molecule has 2 amide bonds. The number of hydrogen-bond acceptors (Lipinski definition) is 7. The number of para-hydroxylation sites is 1. The maximum absolute atomic E-state index is 13.0. The number of morpholine rings is 1. The lowest BCUT2D eigenvalue weighted by molar-refractivity contribution is -0.135. The van der Waals surface area contributed by atoms with Gasteiger partial charge in [-0.3, -0.25) is 9.59 Å². The van der Waals surface area contributed by atoms with Gasteiger partial charge in [-0.1, -0.05) is 23.4 Å².